The topological polar surface area (TPSA) is 38.7 Å². The van der Waals surface area contributed by atoms with Crippen LogP contribution in [0.15, 0.2) is 18.2 Å². The van der Waals surface area contributed by atoms with Gasteiger partial charge < -0.3 is 14.6 Å². The van der Waals surface area contributed by atoms with E-state index >= 15 is 0 Å². The summed E-state index contributed by atoms with van der Waals surface area (Å²) in [6.45, 7) is 3.79. The molecule has 0 bridgehead atoms. The quantitative estimate of drug-likeness (QED) is 0.793. The summed E-state index contributed by atoms with van der Waals surface area (Å²) >= 11 is 12.4. The van der Waals surface area contributed by atoms with Gasteiger partial charge >= 0.3 is 0 Å². The Balaban J connectivity index is 1.94. The number of aliphatic hydroxyl groups is 1. The zero-order valence-corrected chi connectivity index (χ0v) is 15.7. The van der Waals surface area contributed by atoms with E-state index in [9.17, 15) is 5.11 Å². The maximum absolute atomic E-state index is 9.57. The summed E-state index contributed by atoms with van der Waals surface area (Å²) in [5.41, 5.74) is 1.22. The standard InChI is InChI=1S/C19H26Cl2O3/c1-2-14(5-10-22)18(15-3-4-16(20)17(21)13-15)6-8-19(9-7-18)23-11-12-24-19/h3-4,13-14,22H,2,5-12H2,1H3. The second kappa shape index (κ2) is 7.51. The first-order chi connectivity index (χ1) is 11.6. The summed E-state index contributed by atoms with van der Waals surface area (Å²) in [4.78, 5) is 0. The van der Waals surface area contributed by atoms with Crippen molar-refractivity contribution in [2.24, 2.45) is 5.92 Å². The van der Waals surface area contributed by atoms with Crippen molar-refractivity contribution < 1.29 is 14.6 Å². The van der Waals surface area contributed by atoms with Gasteiger partial charge in [-0.1, -0.05) is 42.6 Å². The third-order valence-corrected chi connectivity index (χ3v) is 6.70. The summed E-state index contributed by atoms with van der Waals surface area (Å²) in [6, 6.07) is 6.00. The van der Waals surface area contributed by atoms with Crippen molar-refractivity contribution in [3.8, 4) is 0 Å². The van der Waals surface area contributed by atoms with Crippen LogP contribution in [-0.4, -0.2) is 30.7 Å². The fourth-order valence-corrected chi connectivity index (χ4v) is 4.93. The Morgan fingerprint density at radius 2 is 1.75 bits per heavy atom. The third kappa shape index (κ3) is 3.34. The predicted molar refractivity (Wildman–Crippen MR) is 96.7 cm³/mol. The lowest BCUT2D eigenvalue weighted by molar-refractivity contribution is -0.188. The van der Waals surface area contributed by atoms with E-state index in [4.69, 9.17) is 32.7 Å². The van der Waals surface area contributed by atoms with E-state index in [0.717, 1.165) is 38.5 Å². The highest BCUT2D eigenvalue weighted by Crippen LogP contribution is 2.52. The fraction of sp³-hybridized carbons (Fsp3) is 0.684. The van der Waals surface area contributed by atoms with Crippen molar-refractivity contribution in [2.45, 2.75) is 56.7 Å². The summed E-state index contributed by atoms with van der Waals surface area (Å²) < 4.78 is 11.8. The van der Waals surface area contributed by atoms with Crippen molar-refractivity contribution in [1.29, 1.82) is 0 Å². The maximum atomic E-state index is 9.57. The number of hydrogen-bond donors (Lipinski definition) is 1. The van der Waals surface area contributed by atoms with Gasteiger partial charge in [0.15, 0.2) is 5.79 Å². The number of rotatable bonds is 5. The zero-order valence-electron chi connectivity index (χ0n) is 14.2. The Morgan fingerprint density at radius 1 is 1.08 bits per heavy atom. The Labute approximate surface area is 154 Å². The second-order valence-electron chi connectivity index (χ2n) is 7.01. The molecule has 1 aromatic rings. The summed E-state index contributed by atoms with van der Waals surface area (Å²) in [5.74, 6) is 0.00974. The monoisotopic (exact) mass is 372 g/mol. The molecule has 1 aliphatic carbocycles. The van der Waals surface area contributed by atoms with Crippen molar-refractivity contribution >= 4 is 23.2 Å². The summed E-state index contributed by atoms with van der Waals surface area (Å²) in [7, 11) is 0. The molecule has 1 heterocycles. The first-order valence-corrected chi connectivity index (χ1v) is 9.65. The van der Waals surface area contributed by atoms with Gasteiger partial charge in [0, 0.05) is 19.4 Å². The molecule has 2 fully saturated rings. The highest BCUT2D eigenvalue weighted by molar-refractivity contribution is 6.42. The Morgan fingerprint density at radius 3 is 2.29 bits per heavy atom. The van der Waals surface area contributed by atoms with Crippen LogP contribution in [0.25, 0.3) is 0 Å². The van der Waals surface area contributed by atoms with E-state index < -0.39 is 5.79 Å². The molecule has 1 saturated heterocycles. The number of aliphatic hydroxyl groups excluding tert-OH is 1. The van der Waals surface area contributed by atoms with Crippen LogP contribution in [0.3, 0.4) is 0 Å². The van der Waals surface area contributed by atoms with E-state index in [-0.39, 0.29) is 12.0 Å². The lowest BCUT2D eigenvalue weighted by Crippen LogP contribution is -2.46. The number of benzene rings is 1. The van der Waals surface area contributed by atoms with Crippen LogP contribution in [0, 0.1) is 5.92 Å². The molecule has 3 rings (SSSR count). The third-order valence-electron chi connectivity index (χ3n) is 5.96. The van der Waals surface area contributed by atoms with Gasteiger partial charge in [-0.25, -0.2) is 0 Å². The molecule has 1 saturated carbocycles. The molecule has 134 valence electrons. The zero-order chi connectivity index (χ0) is 17.2. The number of halogens is 2. The van der Waals surface area contributed by atoms with Crippen molar-refractivity contribution in [2.75, 3.05) is 19.8 Å². The van der Waals surface area contributed by atoms with Gasteiger partial charge in [-0.15, -0.1) is 0 Å². The van der Waals surface area contributed by atoms with Gasteiger partial charge in [0.1, 0.15) is 0 Å². The largest absolute Gasteiger partial charge is 0.396 e. The molecule has 1 aliphatic heterocycles. The Bertz CT molecular complexity index is 560. The normalized spacial score (nSPS) is 23.5. The molecule has 2 aliphatic rings. The number of ether oxygens (including phenoxy) is 2. The van der Waals surface area contributed by atoms with Gasteiger partial charge in [-0.05, 0) is 48.3 Å². The highest BCUT2D eigenvalue weighted by atomic mass is 35.5. The van der Waals surface area contributed by atoms with Crippen LogP contribution >= 0.6 is 23.2 Å². The van der Waals surface area contributed by atoms with Crippen molar-refractivity contribution in [3.63, 3.8) is 0 Å². The average Bonchev–Trinajstić information content (AvgIpc) is 3.05. The van der Waals surface area contributed by atoms with Crippen LogP contribution in [0.4, 0.5) is 0 Å². The van der Waals surface area contributed by atoms with E-state index in [1.165, 1.54) is 5.56 Å². The van der Waals surface area contributed by atoms with E-state index in [0.29, 0.717) is 29.2 Å². The lowest BCUT2D eigenvalue weighted by Gasteiger charge is -2.48. The SMILES string of the molecule is CCC(CCO)C1(c2ccc(Cl)c(Cl)c2)CCC2(CC1)OCCO2. The van der Waals surface area contributed by atoms with E-state index in [1.807, 2.05) is 12.1 Å². The molecule has 0 amide bonds. The smallest absolute Gasteiger partial charge is 0.168 e. The molecule has 5 heteroatoms. The summed E-state index contributed by atoms with van der Waals surface area (Å²) in [5, 5.41) is 10.7. The van der Waals surface area contributed by atoms with E-state index in [1.54, 1.807) is 0 Å². The first kappa shape index (κ1) is 18.5. The minimum atomic E-state index is -0.392. The van der Waals surface area contributed by atoms with Crippen molar-refractivity contribution in [1.82, 2.24) is 0 Å². The second-order valence-corrected chi connectivity index (χ2v) is 7.82. The molecular formula is C19H26Cl2O3. The first-order valence-electron chi connectivity index (χ1n) is 8.89. The van der Waals surface area contributed by atoms with Crippen LogP contribution < -0.4 is 0 Å². The van der Waals surface area contributed by atoms with Gasteiger partial charge in [-0.3, -0.25) is 0 Å². The molecule has 3 nitrogen and oxygen atoms in total. The molecule has 0 radical (unpaired) electrons. The van der Waals surface area contributed by atoms with E-state index in [2.05, 4.69) is 13.0 Å². The van der Waals surface area contributed by atoms with Gasteiger partial charge in [0.05, 0.1) is 23.3 Å². The van der Waals surface area contributed by atoms with Gasteiger partial charge in [-0.2, -0.15) is 0 Å². The van der Waals surface area contributed by atoms with Gasteiger partial charge in [0.2, 0.25) is 0 Å². The van der Waals surface area contributed by atoms with Crippen LogP contribution in [0.2, 0.25) is 10.0 Å². The highest BCUT2D eigenvalue weighted by Gasteiger charge is 2.49. The minimum Gasteiger partial charge on any atom is -0.396 e. The van der Waals surface area contributed by atoms with Crippen LogP contribution in [0.1, 0.15) is 51.0 Å². The van der Waals surface area contributed by atoms with Crippen LogP contribution in [-0.2, 0) is 14.9 Å². The van der Waals surface area contributed by atoms with Crippen molar-refractivity contribution in [3.05, 3.63) is 33.8 Å². The lowest BCUT2D eigenvalue weighted by atomic mass is 9.59. The summed E-state index contributed by atoms with van der Waals surface area (Å²) in [6.07, 6.45) is 5.54. The maximum Gasteiger partial charge on any atom is 0.168 e. The molecule has 1 aromatic carbocycles. The van der Waals surface area contributed by atoms with Crippen LogP contribution in [0.5, 0.6) is 0 Å². The Kier molecular flexibility index (Phi) is 5.78. The molecule has 1 spiro atoms. The Hall–Kier alpha value is -0.320. The van der Waals surface area contributed by atoms with Gasteiger partial charge in [0.25, 0.3) is 0 Å². The molecule has 1 unspecified atom stereocenters. The predicted octanol–water partition coefficient (Wildman–Crippen LogP) is 4.96. The fourth-order valence-electron chi connectivity index (χ4n) is 4.63. The minimum absolute atomic E-state index is 0.00767. The molecule has 1 N–H and O–H groups in total. The molecule has 0 aromatic heterocycles. The molecular weight excluding hydrogens is 347 g/mol. The number of hydrogen-bond acceptors (Lipinski definition) is 3. The average molecular weight is 373 g/mol. The molecule has 24 heavy (non-hydrogen) atoms. The molecule has 1 atom stereocenters.